The van der Waals surface area contributed by atoms with Gasteiger partial charge in [-0.2, -0.15) is 0 Å². The second-order valence-electron chi connectivity index (χ2n) is 6.67. The number of methoxy groups -OCH3 is 2. The largest absolute Gasteiger partial charge is 0.479 e. The van der Waals surface area contributed by atoms with Crippen molar-refractivity contribution in [3.63, 3.8) is 0 Å². The zero-order chi connectivity index (χ0) is 23.1. The molecule has 3 aromatic rings. The monoisotopic (exact) mass is 451 g/mol. The first-order valence-corrected chi connectivity index (χ1v) is 11.1. The third-order valence-electron chi connectivity index (χ3n) is 4.70. The number of carbonyl (C=O) groups is 3. The van der Waals surface area contributed by atoms with Gasteiger partial charge < -0.3 is 19.9 Å². The first-order chi connectivity index (χ1) is 15.5. The number of rotatable bonds is 8. The molecule has 0 saturated heterocycles. The second-order valence-corrected chi connectivity index (χ2v) is 8.96. The predicted octanol–water partition coefficient (Wildman–Crippen LogP) is 3.22. The molecule has 0 heterocycles. The number of carboxylic acids is 1. The average molecular weight is 451 g/mol. The highest BCUT2D eigenvalue weighted by atomic mass is 31.1. The van der Waals surface area contributed by atoms with Crippen LogP contribution in [0.5, 0.6) is 0 Å². The van der Waals surface area contributed by atoms with Crippen LogP contribution in [0.3, 0.4) is 0 Å². The molecule has 3 aromatic carbocycles. The lowest BCUT2D eigenvalue weighted by atomic mass is 10.1. The first-order valence-electron chi connectivity index (χ1n) is 9.65. The van der Waals surface area contributed by atoms with Crippen LogP contribution >= 0.6 is 7.92 Å². The van der Waals surface area contributed by atoms with Gasteiger partial charge in [-0.25, -0.2) is 14.4 Å². The van der Waals surface area contributed by atoms with Crippen LogP contribution in [0.2, 0.25) is 0 Å². The molecule has 0 amide bonds. The fourth-order valence-electron chi connectivity index (χ4n) is 3.20. The van der Waals surface area contributed by atoms with Gasteiger partial charge in [-0.05, 0) is 36.7 Å². The van der Waals surface area contributed by atoms with Crippen molar-refractivity contribution in [2.45, 2.75) is 5.78 Å². The summed E-state index contributed by atoms with van der Waals surface area (Å²) in [5.41, 5.74) is 0.463. The molecular weight excluding hydrogens is 429 g/mol. The molecule has 0 aromatic heterocycles. The molecule has 32 heavy (non-hydrogen) atoms. The van der Waals surface area contributed by atoms with E-state index in [1.54, 1.807) is 0 Å². The zero-order valence-corrected chi connectivity index (χ0v) is 18.4. The maximum absolute atomic E-state index is 12.5. The smallest absolute Gasteiger partial charge is 0.339 e. The van der Waals surface area contributed by atoms with E-state index >= 15 is 0 Å². The number of ether oxygens (including phenoxy) is 2. The third-order valence-corrected chi connectivity index (χ3v) is 7.27. The molecule has 0 fully saturated rings. The number of carboxylic acid groups (broad SMARTS) is 1. The molecule has 0 aliphatic carbocycles. The minimum Gasteiger partial charge on any atom is -0.479 e. The number of anilines is 1. The van der Waals surface area contributed by atoms with Gasteiger partial charge in [0, 0.05) is 0 Å². The summed E-state index contributed by atoms with van der Waals surface area (Å²) < 4.78 is 9.60. The molecule has 1 unspecified atom stereocenters. The molecule has 1 atom stereocenters. The Bertz CT molecular complexity index is 1060. The van der Waals surface area contributed by atoms with Crippen molar-refractivity contribution in [1.29, 1.82) is 0 Å². The molecule has 164 valence electrons. The summed E-state index contributed by atoms with van der Waals surface area (Å²) in [6, 6.07) is 22.9. The van der Waals surface area contributed by atoms with E-state index in [0.29, 0.717) is 0 Å². The van der Waals surface area contributed by atoms with Crippen LogP contribution in [-0.2, 0) is 14.3 Å². The lowest BCUT2D eigenvalue weighted by Gasteiger charge is -2.28. The van der Waals surface area contributed by atoms with Gasteiger partial charge in [0.25, 0.3) is 0 Å². The fourth-order valence-corrected chi connectivity index (χ4v) is 5.58. The van der Waals surface area contributed by atoms with E-state index in [4.69, 9.17) is 9.47 Å². The maximum atomic E-state index is 12.5. The van der Waals surface area contributed by atoms with Crippen LogP contribution in [0.25, 0.3) is 0 Å². The SMILES string of the molecule is COC(=O)c1ccc(C(=O)OC)c(NC(C(=O)O)P(c2ccccc2)c2ccccc2)c1. The van der Waals surface area contributed by atoms with Gasteiger partial charge in [0.05, 0.1) is 31.0 Å². The van der Waals surface area contributed by atoms with E-state index in [1.165, 1.54) is 32.4 Å². The topological polar surface area (TPSA) is 102 Å². The summed E-state index contributed by atoms with van der Waals surface area (Å²) in [4.78, 5) is 36.8. The maximum Gasteiger partial charge on any atom is 0.339 e. The summed E-state index contributed by atoms with van der Waals surface area (Å²) in [6.45, 7) is 0. The van der Waals surface area contributed by atoms with Gasteiger partial charge in [0.1, 0.15) is 0 Å². The summed E-state index contributed by atoms with van der Waals surface area (Å²) >= 11 is 0. The highest BCUT2D eigenvalue weighted by Crippen LogP contribution is 2.40. The van der Waals surface area contributed by atoms with Crippen LogP contribution in [0.1, 0.15) is 20.7 Å². The van der Waals surface area contributed by atoms with E-state index in [-0.39, 0.29) is 16.8 Å². The number of benzene rings is 3. The fraction of sp³-hybridized carbons (Fsp3) is 0.125. The van der Waals surface area contributed by atoms with Gasteiger partial charge in [-0.3, -0.25) is 0 Å². The molecular formula is C24H22NO6P. The first kappa shape index (κ1) is 23.0. The highest BCUT2D eigenvalue weighted by Gasteiger charge is 2.32. The standard InChI is InChI=1S/C24H22NO6P/c1-30-23(28)16-13-14-19(24(29)31-2)20(15-16)25-21(22(26)27)32(17-9-5-3-6-10-17)18-11-7-4-8-12-18/h3-15,21,25H,1-2H3,(H,26,27). The molecule has 0 saturated carbocycles. The molecule has 0 aliphatic heterocycles. The predicted molar refractivity (Wildman–Crippen MR) is 123 cm³/mol. The Balaban J connectivity index is 2.13. The molecule has 0 bridgehead atoms. The molecule has 0 radical (unpaired) electrons. The summed E-state index contributed by atoms with van der Waals surface area (Å²) in [5, 5.41) is 14.9. The Labute approximate surface area is 186 Å². The van der Waals surface area contributed by atoms with Crippen LogP contribution in [0.4, 0.5) is 5.69 Å². The van der Waals surface area contributed by atoms with Crippen LogP contribution in [0, 0.1) is 0 Å². The minimum absolute atomic E-state index is 0.113. The number of hydrogen-bond acceptors (Lipinski definition) is 6. The van der Waals surface area contributed by atoms with Crippen LogP contribution in [0.15, 0.2) is 78.9 Å². The van der Waals surface area contributed by atoms with Crippen LogP contribution < -0.4 is 15.9 Å². The van der Waals surface area contributed by atoms with Crippen molar-refractivity contribution < 1.29 is 29.0 Å². The number of carbonyl (C=O) groups excluding carboxylic acids is 2. The Hall–Kier alpha value is -3.70. The van der Waals surface area contributed by atoms with Crippen molar-refractivity contribution in [2.24, 2.45) is 0 Å². The lowest BCUT2D eigenvalue weighted by Crippen LogP contribution is -2.35. The van der Waals surface area contributed by atoms with Gasteiger partial charge in [0.2, 0.25) is 0 Å². The molecule has 0 spiro atoms. The van der Waals surface area contributed by atoms with Gasteiger partial charge in [-0.15, -0.1) is 0 Å². The number of esters is 2. The summed E-state index contributed by atoms with van der Waals surface area (Å²) in [5.74, 6) is -3.45. The summed E-state index contributed by atoms with van der Waals surface area (Å²) in [6.07, 6.45) is 0. The van der Waals surface area contributed by atoms with E-state index in [9.17, 15) is 19.5 Å². The Morgan fingerprint density at radius 3 is 1.81 bits per heavy atom. The van der Waals surface area contributed by atoms with Crippen molar-refractivity contribution in [3.8, 4) is 0 Å². The minimum atomic E-state index is -1.42. The second kappa shape index (κ2) is 10.6. The zero-order valence-electron chi connectivity index (χ0n) is 17.5. The van der Waals surface area contributed by atoms with Gasteiger partial charge in [-0.1, -0.05) is 60.7 Å². The van der Waals surface area contributed by atoms with E-state index in [2.05, 4.69) is 5.32 Å². The number of nitrogens with one attached hydrogen (secondary N) is 1. The van der Waals surface area contributed by atoms with Gasteiger partial charge in [0.15, 0.2) is 5.78 Å². The quantitative estimate of drug-likeness (QED) is 0.401. The molecule has 3 rings (SSSR count). The summed E-state index contributed by atoms with van der Waals surface area (Å²) in [7, 11) is 1.05. The van der Waals surface area contributed by atoms with E-state index in [0.717, 1.165) is 10.6 Å². The number of aliphatic carboxylic acids is 1. The van der Waals surface area contributed by atoms with Crippen molar-refractivity contribution in [3.05, 3.63) is 90.0 Å². The molecule has 8 heteroatoms. The lowest BCUT2D eigenvalue weighted by molar-refractivity contribution is -0.135. The van der Waals surface area contributed by atoms with E-state index in [1.807, 2.05) is 60.7 Å². The Kier molecular flexibility index (Phi) is 7.58. The highest BCUT2D eigenvalue weighted by molar-refractivity contribution is 7.74. The van der Waals surface area contributed by atoms with Crippen LogP contribution in [-0.4, -0.2) is 43.0 Å². The van der Waals surface area contributed by atoms with E-state index < -0.39 is 31.6 Å². The van der Waals surface area contributed by atoms with Crippen molar-refractivity contribution >= 4 is 42.1 Å². The molecule has 7 nitrogen and oxygen atoms in total. The van der Waals surface area contributed by atoms with Crippen molar-refractivity contribution in [2.75, 3.05) is 19.5 Å². The normalized spacial score (nSPS) is 11.5. The van der Waals surface area contributed by atoms with Crippen molar-refractivity contribution in [1.82, 2.24) is 0 Å². The Morgan fingerprint density at radius 1 is 0.812 bits per heavy atom. The number of hydrogen-bond donors (Lipinski definition) is 2. The van der Waals surface area contributed by atoms with Gasteiger partial charge >= 0.3 is 17.9 Å². The average Bonchev–Trinajstić information content (AvgIpc) is 2.83. The molecule has 0 aliphatic rings. The molecule has 2 N–H and O–H groups in total. The Morgan fingerprint density at radius 2 is 1.34 bits per heavy atom. The third kappa shape index (κ3) is 5.13.